The molecule has 0 aliphatic rings. The quantitative estimate of drug-likeness (QED) is 0.0261. The van der Waals surface area contributed by atoms with Crippen LogP contribution in [0.3, 0.4) is 0 Å². The van der Waals surface area contributed by atoms with Gasteiger partial charge >= 0.3 is 17.9 Å². The van der Waals surface area contributed by atoms with E-state index in [1.165, 1.54) is 212 Å². The van der Waals surface area contributed by atoms with Crippen LogP contribution in [0.2, 0.25) is 0 Å². The first-order chi connectivity index (χ1) is 35.5. The van der Waals surface area contributed by atoms with Gasteiger partial charge in [-0.2, -0.15) is 0 Å². The summed E-state index contributed by atoms with van der Waals surface area (Å²) in [5, 5.41) is 0. The zero-order chi connectivity index (χ0) is 52.2. The molecular formula is C66H118O6. The third kappa shape index (κ3) is 58.0. The van der Waals surface area contributed by atoms with Crippen LogP contribution in [-0.2, 0) is 28.6 Å². The normalized spacial score (nSPS) is 12.4. The standard InChI is InChI=1S/C66H118O6/c1-4-7-10-13-16-18-20-22-24-25-26-27-28-29-30-31-32-33-34-35-36-37-38-39-40-42-43-45-47-50-53-56-59-65(68)71-62-63(61-70-64(67)58-55-52-49-15-12-9-6-3)72-66(69)60-57-54-51-48-46-44-41-23-21-19-17-14-11-8-5-2/h8,11,17,19,23,41,46,48,54,57,63H,4-7,9-10,12-16,18,20-22,24-40,42-45,47,49-53,55-56,58-62H2,1-3H3/b11-8-,19-17-,41-23-,48-46-,57-54-. The summed E-state index contributed by atoms with van der Waals surface area (Å²) in [6.07, 6.45) is 77.4. The van der Waals surface area contributed by atoms with E-state index < -0.39 is 12.1 Å². The van der Waals surface area contributed by atoms with Crippen molar-refractivity contribution in [2.45, 2.75) is 329 Å². The van der Waals surface area contributed by atoms with Crippen molar-refractivity contribution in [3.8, 4) is 0 Å². The van der Waals surface area contributed by atoms with Crippen LogP contribution in [0.5, 0.6) is 0 Å². The molecule has 0 aromatic carbocycles. The highest BCUT2D eigenvalue weighted by Crippen LogP contribution is 2.18. The van der Waals surface area contributed by atoms with Crippen LogP contribution in [0.1, 0.15) is 323 Å². The van der Waals surface area contributed by atoms with Gasteiger partial charge in [0.25, 0.3) is 0 Å². The van der Waals surface area contributed by atoms with Crippen molar-refractivity contribution >= 4 is 17.9 Å². The maximum absolute atomic E-state index is 12.7. The van der Waals surface area contributed by atoms with Crippen LogP contribution in [0, 0.1) is 0 Å². The number of carbonyl (C=O) groups is 3. The third-order valence-corrected chi connectivity index (χ3v) is 13.8. The Hall–Kier alpha value is -2.89. The summed E-state index contributed by atoms with van der Waals surface area (Å²) in [5.41, 5.74) is 0. The Bertz CT molecular complexity index is 1290. The molecule has 0 fully saturated rings. The molecule has 0 aliphatic carbocycles. The predicted octanol–water partition coefficient (Wildman–Crippen LogP) is 21.2. The summed E-state index contributed by atoms with van der Waals surface area (Å²) < 4.78 is 16.7. The molecule has 1 atom stereocenters. The van der Waals surface area contributed by atoms with Gasteiger partial charge in [0.05, 0.1) is 6.42 Å². The minimum absolute atomic E-state index is 0.101. The summed E-state index contributed by atoms with van der Waals surface area (Å²) in [7, 11) is 0. The number of carbonyl (C=O) groups excluding carboxylic acids is 3. The second-order valence-corrected chi connectivity index (χ2v) is 21.0. The molecule has 6 heteroatoms. The van der Waals surface area contributed by atoms with E-state index in [0.29, 0.717) is 12.8 Å². The number of esters is 3. The van der Waals surface area contributed by atoms with E-state index in [4.69, 9.17) is 14.2 Å². The molecule has 0 N–H and O–H groups in total. The predicted molar refractivity (Wildman–Crippen MR) is 312 cm³/mol. The number of unbranched alkanes of at least 4 members (excludes halogenated alkanes) is 37. The molecule has 0 aromatic rings. The molecule has 0 saturated carbocycles. The van der Waals surface area contributed by atoms with E-state index >= 15 is 0 Å². The highest BCUT2D eigenvalue weighted by Gasteiger charge is 2.19. The SMILES string of the molecule is CC/C=C\C/C=C\C/C=C\C/C=C\C/C=C\CC(=O)OC(COC(=O)CCCCCCCCC)COC(=O)CCCCCCCCCCCCCCCCCCCCCCCCCCCCCCCCCC. The average Bonchev–Trinajstić information content (AvgIpc) is 3.38. The van der Waals surface area contributed by atoms with Crippen molar-refractivity contribution in [1.29, 1.82) is 0 Å². The van der Waals surface area contributed by atoms with E-state index in [2.05, 4.69) is 69.4 Å². The molecule has 0 amide bonds. The van der Waals surface area contributed by atoms with Crippen LogP contribution < -0.4 is 0 Å². The van der Waals surface area contributed by atoms with Gasteiger partial charge < -0.3 is 14.2 Å². The monoisotopic (exact) mass is 1010 g/mol. The van der Waals surface area contributed by atoms with Gasteiger partial charge in [-0.25, -0.2) is 0 Å². The minimum atomic E-state index is -0.824. The van der Waals surface area contributed by atoms with Crippen LogP contribution >= 0.6 is 0 Å². The smallest absolute Gasteiger partial charge is 0.310 e. The first-order valence-electron chi connectivity index (χ1n) is 31.3. The second kappa shape index (κ2) is 60.7. The summed E-state index contributed by atoms with van der Waals surface area (Å²) in [4.78, 5) is 37.9. The molecule has 0 heterocycles. The van der Waals surface area contributed by atoms with Gasteiger partial charge in [0.15, 0.2) is 6.10 Å². The van der Waals surface area contributed by atoms with Crippen molar-refractivity contribution < 1.29 is 28.6 Å². The lowest BCUT2D eigenvalue weighted by Gasteiger charge is -2.18. The highest BCUT2D eigenvalue weighted by molar-refractivity contribution is 5.72. The Morgan fingerprint density at radius 2 is 0.528 bits per heavy atom. The lowest BCUT2D eigenvalue weighted by molar-refractivity contribution is -0.166. The average molecular weight is 1010 g/mol. The van der Waals surface area contributed by atoms with Gasteiger partial charge in [0, 0.05) is 12.8 Å². The van der Waals surface area contributed by atoms with Gasteiger partial charge in [0.2, 0.25) is 0 Å². The second-order valence-electron chi connectivity index (χ2n) is 21.0. The van der Waals surface area contributed by atoms with Gasteiger partial charge in [-0.1, -0.05) is 319 Å². The number of allylic oxidation sites excluding steroid dienone is 9. The van der Waals surface area contributed by atoms with Crippen molar-refractivity contribution in [2.75, 3.05) is 13.2 Å². The van der Waals surface area contributed by atoms with Crippen molar-refractivity contribution in [3.05, 3.63) is 60.8 Å². The van der Waals surface area contributed by atoms with E-state index in [1.54, 1.807) is 6.08 Å². The molecule has 6 nitrogen and oxygen atoms in total. The zero-order valence-corrected chi connectivity index (χ0v) is 47.9. The Kier molecular flexibility index (Phi) is 58.2. The molecule has 0 aromatic heterocycles. The first-order valence-corrected chi connectivity index (χ1v) is 31.3. The fourth-order valence-electron chi connectivity index (χ4n) is 9.17. The molecule has 0 saturated heterocycles. The molecule has 0 aliphatic heterocycles. The van der Waals surface area contributed by atoms with E-state index in [0.717, 1.165) is 70.6 Å². The molecule has 0 spiro atoms. The molecular weight excluding hydrogens is 889 g/mol. The topological polar surface area (TPSA) is 78.9 Å². The van der Waals surface area contributed by atoms with E-state index in [1.807, 2.05) is 6.08 Å². The lowest BCUT2D eigenvalue weighted by atomic mass is 10.0. The van der Waals surface area contributed by atoms with Crippen LogP contribution in [0.15, 0.2) is 60.8 Å². The molecule has 418 valence electrons. The van der Waals surface area contributed by atoms with E-state index in [9.17, 15) is 14.4 Å². The number of hydrogen-bond acceptors (Lipinski definition) is 6. The Balaban J connectivity index is 4.01. The summed E-state index contributed by atoms with van der Waals surface area (Å²) in [5.74, 6) is -1.04. The highest BCUT2D eigenvalue weighted by atomic mass is 16.6. The van der Waals surface area contributed by atoms with Crippen molar-refractivity contribution in [2.24, 2.45) is 0 Å². The largest absolute Gasteiger partial charge is 0.462 e. The Morgan fingerprint density at radius 3 is 0.792 bits per heavy atom. The van der Waals surface area contributed by atoms with Gasteiger partial charge in [-0.05, 0) is 44.9 Å². The third-order valence-electron chi connectivity index (χ3n) is 13.8. The van der Waals surface area contributed by atoms with Gasteiger partial charge in [-0.15, -0.1) is 0 Å². The summed E-state index contributed by atoms with van der Waals surface area (Å²) in [6.45, 7) is 6.43. The first kappa shape index (κ1) is 69.1. The van der Waals surface area contributed by atoms with E-state index in [-0.39, 0.29) is 31.6 Å². The van der Waals surface area contributed by atoms with Crippen molar-refractivity contribution in [1.82, 2.24) is 0 Å². The molecule has 0 bridgehead atoms. The maximum Gasteiger partial charge on any atom is 0.310 e. The molecule has 1 unspecified atom stereocenters. The molecule has 0 rings (SSSR count). The van der Waals surface area contributed by atoms with Crippen LogP contribution in [-0.4, -0.2) is 37.2 Å². The van der Waals surface area contributed by atoms with Gasteiger partial charge in [-0.3, -0.25) is 14.4 Å². The number of ether oxygens (including phenoxy) is 3. The maximum atomic E-state index is 12.7. The van der Waals surface area contributed by atoms with Crippen molar-refractivity contribution in [3.63, 3.8) is 0 Å². The fraction of sp³-hybridized carbons (Fsp3) is 0.803. The molecule has 0 radical (unpaired) electrons. The van der Waals surface area contributed by atoms with Crippen LogP contribution in [0.25, 0.3) is 0 Å². The van der Waals surface area contributed by atoms with Gasteiger partial charge in [0.1, 0.15) is 13.2 Å². The molecule has 72 heavy (non-hydrogen) atoms. The minimum Gasteiger partial charge on any atom is -0.462 e. The lowest BCUT2D eigenvalue weighted by Crippen LogP contribution is -2.30. The number of hydrogen-bond donors (Lipinski definition) is 0. The number of rotatable bonds is 57. The fourth-order valence-corrected chi connectivity index (χ4v) is 9.17. The Morgan fingerprint density at radius 1 is 0.292 bits per heavy atom. The summed E-state index contributed by atoms with van der Waals surface area (Å²) >= 11 is 0. The Labute approximate surface area is 447 Å². The zero-order valence-electron chi connectivity index (χ0n) is 47.9. The van der Waals surface area contributed by atoms with Crippen LogP contribution in [0.4, 0.5) is 0 Å². The summed E-state index contributed by atoms with van der Waals surface area (Å²) in [6, 6.07) is 0.